The van der Waals surface area contributed by atoms with Crippen molar-refractivity contribution in [3.8, 4) is 11.4 Å². The summed E-state index contributed by atoms with van der Waals surface area (Å²) in [5, 5.41) is 6.97. The predicted octanol–water partition coefficient (Wildman–Crippen LogP) is 2.37. The van der Waals surface area contributed by atoms with Gasteiger partial charge in [0.25, 0.3) is 0 Å². The Morgan fingerprint density at radius 2 is 2.35 bits per heavy atom. The standard InChI is InChI=1S/C14H15ClN4O/c1-9-16-14(18-17-9)11-3-2-4-12(6-11)19-8-10(7-15)5-13(19)20/h2-4,6,10H,5,7-8H2,1H3,(H,16,17,18). The second-order valence-electron chi connectivity index (χ2n) is 5.02. The summed E-state index contributed by atoms with van der Waals surface area (Å²) in [6.45, 7) is 2.54. The van der Waals surface area contributed by atoms with Gasteiger partial charge in [-0.1, -0.05) is 12.1 Å². The van der Waals surface area contributed by atoms with Gasteiger partial charge >= 0.3 is 0 Å². The van der Waals surface area contributed by atoms with Gasteiger partial charge in [0.2, 0.25) is 5.91 Å². The van der Waals surface area contributed by atoms with Gasteiger partial charge in [-0.25, -0.2) is 4.98 Å². The Morgan fingerprint density at radius 3 is 3.00 bits per heavy atom. The Hall–Kier alpha value is -1.88. The maximum atomic E-state index is 12.0. The molecular formula is C14H15ClN4O. The van der Waals surface area contributed by atoms with E-state index in [0.717, 1.165) is 17.1 Å². The molecule has 0 spiro atoms. The second kappa shape index (κ2) is 5.25. The lowest BCUT2D eigenvalue weighted by molar-refractivity contribution is -0.117. The molecule has 2 heterocycles. The molecule has 1 atom stereocenters. The van der Waals surface area contributed by atoms with Crippen molar-refractivity contribution in [1.29, 1.82) is 0 Å². The van der Waals surface area contributed by atoms with E-state index in [1.54, 1.807) is 4.90 Å². The number of alkyl halides is 1. The summed E-state index contributed by atoms with van der Waals surface area (Å²) >= 11 is 5.85. The first-order valence-corrected chi connectivity index (χ1v) is 7.06. The van der Waals surface area contributed by atoms with Crippen molar-refractivity contribution in [3.05, 3.63) is 30.1 Å². The van der Waals surface area contributed by atoms with Crippen LogP contribution in [0.1, 0.15) is 12.2 Å². The zero-order valence-corrected chi connectivity index (χ0v) is 11.9. The normalized spacial score (nSPS) is 18.8. The Labute approximate surface area is 122 Å². The van der Waals surface area contributed by atoms with Gasteiger partial charge in [0.15, 0.2) is 5.82 Å². The first-order valence-electron chi connectivity index (χ1n) is 6.53. The molecule has 104 valence electrons. The number of H-pyrrole nitrogens is 1. The van der Waals surface area contributed by atoms with Gasteiger partial charge in [-0.05, 0) is 25.0 Å². The van der Waals surface area contributed by atoms with Crippen LogP contribution in [0.2, 0.25) is 0 Å². The molecular weight excluding hydrogens is 276 g/mol. The van der Waals surface area contributed by atoms with Crippen LogP contribution in [-0.4, -0.2) is 33.5 Å². The van der Waals surface area contributed by atoms with Gasteiger partial charge in [0.1, 0.15) is 5.82 Å². The van der Waals surface area contributed by atoms with Crippen molar-refractivity contribution in [2.75, 3.05) is 17.3 Å². The number of anilines is 1. The molecule has 1 unspecified atom stereocenters. The smallest absolute Gasteiger partial charge is 0.227 e. The van der Waals surface area contributed by atoms with E-state index in [4.69, 9.17) is 11.6 Å². The highest BCUT2D eigenvalue weighted by Crippen LogP contribution is 2.28. The molecule has 0 saturated carbocycles. The molecule has 0 bridgehead atoms. The number of hydrogen-bond donors (Lipinski definition) is 1. The third kappa shape index (κ3) is 2.41. The highest BCUT2D eigenvalue weighted by Gasteiger charge is 2.30. The number of carbonyl (C=O) groups excluding carboxylic acids is 1. The fourth-order valence-electron chi connectivity index (χ4n) is 2.42. The third-order valence-electron chi connectivity index (χ3n) is 3.44. The summed E-state index contributed by atoms with van der Waals surface area (Å²) < 4.78 is 0. The van der Waals surface area contributed by atoms with Crippen LogP contribution < -0.4 is 4.90 Å². The zero-order chi connectivity index (χ0) is 14.1. The van der Waals surface area contributed by atoms with Gasteiger partial charge in [-0.3, -0.25) is 9.89 Å². The van der Waals surface area contributed by atoms with Crippen LogP contribution in [0.15, 0.2) is 24.3 Å². The highest BCUT2D eigenvalue weighted by molar-refractivity contribution is 6.18. The number of aromatic nitrogens is 3. The van der Waals surface area contributed by atoms with E-state index in [1.807, 2.05) is 31.2 Å². The Morgan fingerprint density at radius 1 is 1.50 bits per heavy atom. The molecule has 1 saturated heterocycles. The number of carbonyl (C=O) groups is 1. The van der Waals surface area contributed by atoms with Crippen molar-refractivity contribution in [2.24, 2.45) is 5.92 Å². The molecule has 20 heavy (non-hydrogen) atoms. The van der Waals surface area contributed by atoms with Gasteiger partial charge < -0.3 is 4.90 Å². The van der Waals surface area contributed by atoms with E-state index in [0.29, 0.717) is 24.7 Å². The van der Waals surface area contributed by atoms with E-state index < -0.39 is 0 Å². The van der Waals surface area contributed by atoms with Crippen molar-refractivity contribution in [3.63, 3.8) is 0 Å². The van der Waals surface area contributed by atoms with Crippen molar-refractivity contribution in [1.82, 2.24) is 15.2 Å². The van der Waals surface area contributed by atoms with Gasteiger partial charge in [-0.2, -0.15) is 5.10 Å². The van der Waals surface area contributed by atoms with E-state index in [9.17, 15) is 4.79 Å². The van der Waals surface area contributed by atoms with Crippen LogP contribution in [0.25, 0.3) is 11.4 Å². The lowest BCUT2D eigenvalue weighted by Gasteiger charge is -2.16. The molecule has 1 aromatic carbocycles. The molecule has 0 aliphatic carbocycles. The molecule has 2 aromatic rings. The number of amides is 1. The Bertz CT molecular complexity index is 640. The first-order chi connectivity index (χ1) is 9.67. The minimum absolute atomic E-state index is 0.124. The summed E-state index contributed by atoms with van der Waals surface area (Å²) in [5.74, 6) is 2.29. The summed E-state index contributed by atoms with van der Waals surface area (Å²) in [6.07, 6.45) is 0.521. The summed E-state index contributed by atoms with van der Waals surface area (Å²) in [6, 6.07) is 7.72. The number of halogens is 1. The Kier molecular flexibility index (Phi) is 3.44. The molecule has 1 aliphatic heterocycles. The van der Waals surface area contributed by atoms with E-state index in [2.05, 4.69) is 15.2 Å². The van der Waals surface area contributed by atoms with Crippen LogP contribution >= 0.6 is 11.6 Å². The molecule has 1 amide bonds. The van der Waals surface area contributed by atoms with Crippen LogP contribution in [0.4, 0.5) is 5.69 Å². The summed E-state index contributed by atoms with van der Waals surface area (Å²) in [4.78, 5) is 18.1. The average Bonchev–Trinajstić information content (AvgIpc) is 3.05. The van der Waals surface area contributed by atoms with E-state index in [-0.39, 0.29) is 11.8 Å². The summed E-state index contributed by atoms with van der Waals surface area (Å²) in [5.41, 5.74) is 1.77. The molecule has 6 heteroatoms. The number of rotatable bonds is 3. The van der Waals surface area contributed by atoms with Crippen LogP contribution in [0, 0.1) is 12.8 Å². The molecule has 1 aromatic heterocycles. The maximum absolute atomic E-state index is 12.0. The minimum atomic E-state index is 0.124. The largest absolute Gasteiger partial charge is 0.312 e. The molecule has 1 fully saturated rings. The highest BCUT2D eigenvalue weighted by atomic mass is 35.5. The first kappa shape index (κ1) is 13.1. The summed E-state index contributed by atoms with van der Waals surface area (Å²) in [7, 11) is 0. The van der Waals surface area contributed by atoms with Gasteiger partial charge in [-0.15, -0.1) is 11.6 Å². The lowest BCUT2D eigenvalue weighted by Crippen LogP contribution is -2.24. The fraction of sp³-hybridized carbons (Fsp3) is 0.357. The SMILES string of the molecule is Cc1nc(-c2cccc(N3CC(CCl)CC3=O)c2)n[nH]1. The molecule has 1 aliphatic rings. The number of hydrogen-bond acceptors (Lipinski definition) is 3. The Balaban J connectivity index is 1.90. The van der Waals surface area contributed by atoms with E-state index >= 15 is 0 Å². The van der Waals surface area contributed by atoms with Crippen molar-refractivity contribution < 1.29 is 4.79 Å². The van der Waals surface area contributed by atoms with Crippen LogP contribution in [-0.2, 0) is 4.79 Å². The molecule has 0 radical (unpaired) electrons. The number of nitrogens with one attached hydrogen (secondary N) is 1. The van der Waals surface area contributed by atoms with Crippen LogP contribution in [0.3, 0.4) is 0 Å². The minimum Gasteiger partial charge on any atom is -0.312 e. The number of nitrogens with zero attached hydrogens (tertiary/aromatic N) is 3. The second-order valence-corrected chi connectivity index (χ2v) is 5.33. The van der Waals surface area contributed by atoms with Crippen molar-refractivity contribution >= 4 is 23.2 Å². The zero-order valence-electron chi connectivity index (χ0n) is 11.1. The van der Waals surface area contributed by atoms with Gasteiger partial charge in [0.05, 0.1) is 0 Å². The van der Waals surface area contributed by atoms with E-state index in [1.165, 1.54) is 0 Å². The third-order valence-corrected chi connectivity index (χ3v) is 3.87. The topological polar surface area (TPSA) is 61.9 Å². The number of aromatic amines is 1. The quantitative estimate of drug-likeness (QED) is 0.883. The average molecular weight is 291 g/mol. The number of aryl methyl sites for hydroxylation is 1. The fourth-order valence-corrected chi connectivity index (χ4v) is 2.63. The molecule has 3 rings (SSSR count). The lowest BCUT2D eigenvalue weighted by atomic mass is 10.1. The molecule has 5 nitrogen and oxygen atoms in total. The maximum Gasteiger partial charge on any atom is 0.227 e. The monoisotopic (exact) mass is 290 g/mol. The van der Waals surface area contributed by atoms with Crippen molar-refractivity contribution in [2.45, 2.75) is 13.3 Å². The van der Waals surface area contributed by atoms with Crippen LogP contribution in [0.5, 0.6) is 0 Å². The number of benzene rings is 1. The molecule has 1 N–H and O–H groups in total. The van der Waals surface area contributed by atoms with Gasteiger partial charge in [0, 0.05) is 30.1 Å². The predicted molar refractivity (Wildman–Crippen MR) is 77.7 cm³/mol.